The van der Waals surface area contributed by atoms with E-state index in [4.69, 9.17) is 4.74 Å². The summed E-state index contributed by atoms with van der Waals surface area (Å²) in [6, 6.07) is 16.6. The third kappa shape index (κ3) is 5.00. The highest BCUT2D eigenvalue weighted by molar-refractivity contribution is 5.74. The van der Waals surface area contributed by atoms with Gasteiger partial charge in [0.25, 0.3) is 0 Å². The van der Waals surface area contributed by atoms with Crippen LogP contribution in [-0.2, 0) is 6.54 Å². The summed E-state index contributed by atoms with van der Waals surface area (Å²) in [7, 11) is 1.60. The van der Waals surface area contributed by atoms with Crippen molar-refractivity contribution in [2.75, 3.05) is 13.7 Å². The normalized spacial score (nSPS) is 11.6. The Bertz CT molecular complexity index is 617. The maximum atomic E-state index is 12.1. The van der Waals surface area contributed by atoms with E-state index in [1.54, 1.807) is 7.11 Å². The molecule has 0 saturated heterocycles. The van der Waals surface area contributed by atoms with Gasteiger partial charge in [0.05, 0.1) is 13.2 Å². The minimum atomic E-state index is -0.279. The van der Waals surface area contributed by atoms with Crippen LogP contribution < -0.4 is 15.4 Å². The van der Waals surface area contributed by atoms with Gasteiger partial charge in [0.15, 0.2) is 0 Å². The fourth-order valence-electron chi connectivity index (χ4n) is 2.37. The molecule has 2 rings (SSSR count). The Morgan fingerprint density at radius 3 is 2.52 bits per heavy atom. The second-order valence-electron chi connectivity index (χ2n) is 5.11. The molecule has 0 aromatic heterocycles. The van der Waals surface area contributed by atoms with Crippen molar-refractivity contribution >= 4 is 6.03 Å². The van der Waals surface area contributed by atoms with Crippen molar-refractivity contribution in [2.24, 2.45) is 0 Å². The van der Waals surface area contributed by atoms with Gasteiger partial charge >= 0.3 is 6.03 Å². The highest BCUT2D eigenvalue weighted by atomic mass is 16.5. The van der Waals surface area contributed by atoms with Crippen LogP contribution in [0, 0.1) is 0 Å². The standard InChI is InChI=1S/C18H22N2O3/c1-23-17-10-6-5-9-15(17)13-19-18(22)20-16(11-12-21)14-7-3-2-4-8-14/h2-10,16,21H,11-13H2,1H3,(H2,19,20,22)/t16-/m1/s1. The van der Waals surface area contributed by atoms with Crippen molar-refractivity contribution in [1.29, 1.82) is 0 Å². The molecule has 2 aromatic rings. The van der Waals surface area contributed by atoms with E-state index < -0.39 is 0 Å². The number of amides is 2. The van der Waals surface area contributed by atoms with Gasteiger partial charge in [-0.1, -0.05) is 48.5 Å². The first-order valence-corrected chi connectivity index (χ1v) is 7.56. The molecule has 0 spiro atoms. The molecule has 0 bridgehead atoms. The van der Waals surface area contributed by atoms with Crippen LogP contribution >= 0.6 is 0 Å². The number of hydrogen-bond donors (Lipinski definition) is 3. The van der Waals surface area contributed by atoms with Crippen molar-refractivity contribution in [3.63, 3.8) is 0 Å². The van der Waals surface area contributed by atoms with Crippen LogP contribution in [0.15, 0.2) is 54.6 Å². The average Bonchev–Trinajstić information content (AvgIpc) is 2.60. The number of para-hydroxylation sites is 1. The predicted octanol–water partition coefficient (Wildman–Crippen LogP) is 2.62. The molecule has 0 radical (unpaired) electrons. The molecule has 5 nitrogen and oxygen atoms in total. The monoisotopic (exact) mass is 314 g/mol. The van der Waals surface area contributed by atoms with Crippen LogP contribution in [0.4, 0.5) is 4.79 Å². The van der Waals surface area contributed by atoms with Gasteiger partial charge in [0.1, 0.15) is 5.75 Å². The van der Waals surface area contributed by atoms with Crippen molar-refractivity contribution in [1.82, 2.24) is 10.6 Å². The van der Waals surface area contributed by atoms with E-state index in [1.165, 1.54) is 0 Å². The Hall–Kier alpha value is -2.53. The fourth-order valence-corrected chi connectivity index (χ4v) is 2.37. The number of aliphatic hydroxyl groups is 1. The molecule has 2 amide bonds. The van der Waals surface area contributed by atoms with Crippen molar-refractivity contribution in [3.05, 3.63) is 65.7 Å². The molecule has 3 N–H and O–H groups in total. The van der Waals surface area contributed by atoms with Gasteiger partial charge in [0.2, 0.25) is 0 Å². The van der Waals surface area contributed by atoms with E-state index in [9.17, 15) is 9.90 Å². The van der Waals surface area contributed by atoms with Gasteiger partial charge < -0.3 is 20.5 Å². The van der Waals surface area contributed by atoms with E-state index in [-0.39, 0.29) is 18.7 Å². The molecule has 2 aromatic carbocycles. The second-order valence-corrected chi connectivity index (χ2v) is 5.11. The first-order chi connectivity index (χ1) is 11.2. The van der Waals surface area contributed by atoms with Crippen LogP contribution in [0.25, 0.3) is 0 Å². The summed E-state index contributed by atoms with van der Waals surface area (Å²) in [4.78, 5) is 12.1. The molecular weight excluding hydrogens is 292 g/mol. The number of urea groups is 1. The number of hydrogen-bond acceptors (Lipinski definition) is 3. The molecule has 23 heavy (non-hydrogen) atoms. The molecule has 0 heterocycles. The quantitative estimate of drug-likeness (QED) is 0.736. The van der Waals surface area contributed by atoms with E-state index >= 15 is 0 Å². The SMILES string of the molecule is COc1ccccc1CNC(=O)N[C@H](CCO)c1ccccc1. The Balaban J connectivity index is 1.94. The molecular formula is C18H22N2O3. The summed E-state index contributed by atoms with van der Waals surface area (Å²) in [6.45, 7) is 0.378. The van der Waals surface area contributed by atoms with Gasteiger partial charge in [-0.15, -0.1) is 0 Å². The Kier molecular flexibility index (Phi) is 6.44. The van der Waals surface area contributed by atoms with E-state index in [1.807, 2.05) is 54.6 Å². The summed E-state index contributed by atoms with van der Waals surface area (Å²) < 4.78 is 5.26. The molecule has 0 aliphatic rings. The lowest BCUT2D eigenvalue weighted by Crippen LogP contribution is -2.38. The zero-order chi connectivity index (χ0) is 16.5. The third-order valence-electron chi connectivity index (χ3n) is 3.56. The topological polar surface area (TPSA) is 70.6 Å². The minimum absolute atomic E-state index is 0.00630. The van der Waals surface area contributed by atoms with Gasteiger partial charge in [-0.3, -0.25) is 0 Å². The molecule has 0 aliphatic heterocycles. The molecule has 122 valence electrons. The predicted molar refractivity (Wildman–Crippen MR) is 89.3 cm³/mol. The largest absolute Gasteiger partial charge is 0.496 e. The smallest absolute Gasteiger partial charge is 0.315 e. The molecule has 0 aliphatic carbocycles. The Labute approximate surface area is 136 Å². The maximum Gasteiger partial charge on any atom is 0.315 e. The number of aliphatic hydroxyl groups excluding tert-OH is 1. The summed E-state index contributed by atoms with van der Waals surface area (Å²) in [5, 5.41) is 14.9. The highest BCUT2D eigenvalue weighted by Crippen LogP contribution is 2.18. The summed E-state index contributed by atoms with van der Waals surface area (Å²) in [5.74, 6) is 0.739. The maximum absolute atomic E-state index is 12.1. The highest BCUT2D eigenvalue weighted by Gasteiger charge is 2.14. The van der Waals surface area contributed by atoms with Crippen LogP contribution in [0.2, 0.25) is 0 Å². The van der Waals surface area contributed by atoms with Gasteiger partial charge in [-0.2, -0.15) is 0 Å². The fraction of sp³-hybridized carbons (Fsp3) is 0.278. The molecule has 0 unspecified atom stereocenters. The van der Waals surface area contributed by atoms with Crippen LogP contribution in [0.1, 0.15) is 23.6 Å². The first-order valence-electron chi connectivity index (χ1n) is 7.56. The number of benzene rings is 2. The van der Waals surface area contributed by atoms with Crippen LogP contribution in [0.3, 0.4) is 0 Å². The second kappa shape index (κ2) is 8.80. The number of carbonyl (C=O) groups excluding carboxylic acids is 1. The summed E-state index contributed by atoms with van der Waals surface area (Å²) in [5.41, 5.74) is 1.87. The van der Waals surface area contributed by atoms with E-state index in [0.29, 0.717) is 13.0 Å². The zero-order valence-electron chi connectivity index (χ0n) is 13.2. The van der Waals surface area contributed by atoms with Crippen LogP contribution in [0.5, 0.6) is 5.75 Å². The number of nitrogens with one attached hydrogen (secondary N) is 2. The van der Waals surface area contributed by atoms with Crippen molar-refractivity contribution < 1.29 is 14.6 Å². The zero-order valence-corrected chi connectivity index (χ0v) is 13.2. The lowest BCUT2D eigenvalue weighted by Gasteiger charge is -2.19. The summed E-state index contributed by atoms with van der Waals surface area (Å²) in [6.07, 6.45) is 0.464. The molecule has 5 heteroatoms. The van der Waals surface area contributed by atoms with Gasteiger partial charge in [-0.25, -0.2) is 4.79 Å². The van der Waals surface area contributed by atoms with Gasteiger partial charge in [-0.05, 0) is 18.1 Å². The van der Waals surface area contributed by atoms with Crippen LogP contribution in [-0.4, -0.2) is 24.9 Å². The van der Waals surface area contributed by atoms with E-state index in [0.717, 1.165) is 16.9 Å². The third-order valence-corrected chi connectivity index (χ3v) is 3.56. The van der Waals surface area contributed by atoms with Gasteiger partial charge in [0, 0.05) is 18.7 Å². The molecule has 1 atom stereocenters. The molecule has 0 saturated carbocycles. The lowest BCUT2D eigenvalue weighted by molar-refractivity contribution is 0.229. The number of carbonyl (C=O) groups is 1. The molecule has 0 fully saturated rings. The number of rotatable bonds is 7. The van der Waals surface area contributed by atoms with Crippen molar-refractivity contribution in [3.8, 4) is 5.75 Å². The minimum Gasteiger partial charge on any atom is -0.496 e. The number of methoxy groups -OCH3 is 1. The first kappa shape index (κ1) is 16.8. The van der Waals surface area contributed by atoms with Crippen molar-refractivity contribution in [2.45, 2.75) is 19.0 Å². The lowest BCUT2D eigenvalue weighted by atomic mass is 10.0. The number of ether oxygens (including phenoxy) is 1. The summed E-state index contributed by atoms with van der Waals surface area (Å²) >= 11 is 0. The average molecular weight is 314 g/mol. The Morgan fingerprint density at radius 2 is 1.83 bits per heavy atom. The Morgan fingerprint density at radius 1 is 1.13 bits per heavy atom. The van der Waals surface area contributed by atoms with E-state index in [2.05, 4.69) is 10.6 Å².